The number of aromatic nitrogens is 2. The van der Waals surface area contributed by atoms with Gasteiger partial charge >= 0.3 is 0 Å². The molecule has 25 heavy (non-hydrogen) atoms. The molecule has 3 aromatic rings. The van der Waals surface area contributed by atoms with Crippen LogP contribution in [0, 0.1) is 0 Å². The Morgan fingerprint density at radius 2 is 2.20 bits per heavy atom. The van der Waals surface area contributed by atoms with E-state index >= 15 is 0 Å². The number of fused-ring (bicyclic) bond motifs is 1. The second-order valence-electron chi connectivity index (χ2n) is 6.44. The number of aliphatic hydroxyl groups is 1. The molecule has 0 unspecified atom stereocenters. The number of sulfonamides is 1. The number of hydrogen-bond donors (Lipinski definition) is 3. The van der Waals surface area contributed by atoms with Crippen molar-refractivity contribution < 1.29 is 13.5 Å². The molecule has 0 bridgehead atoms. The molecule has 8 heteroatoms. The summed E-state index contributed by atoms with van der Waals surface area (Å²) < 4.78 is 27.5. The molecule has 0 radical (unpaired) electrons. The number of H-pyrrole nitrogens is 1. The Morgan fingerprint density at radius 3 is 2.92 bits per heavy atom. The van der Waals surface area contributed by atoms with Gasteiger partial charge in [-0.3, -0.25) is 0 Å². The minimum absolute atomic E-state index is 0.240. The molecular formula is C17H19N3O3S2. The molecule has 3 heterocycles. The third kappa shape index (κ3) is 3.22. The lowest BCUT2D eigenvalue weighted by atomic mass is 10.1. The molecule has 1 aliphatic rings. The van der Waals surface area contributed by atoms with Gasteiger partial charge in [-0.2, -0.15) is 0 Å². The van der Waals surface area contributed by atoms with Crippen LogP contribution in [0.2, 0.25) is 0 Å². The van der Waals surface area contributed by atoms with Crippen molar-refractivity contribution in [1.29, 1.82) is 0 Å². The maximum Gasteiger partial charge on any atom is 0.250 e. The largest absolute Gasteiger partial charge is 0.395 e. The smallest absolute Gasteiger partial charge is 0.250 e. The van der Waals surface area contributed by atoms with Crippen molar-refractivity contribution in [3.05, 3.63) is 36.2 Å². The molecular weight excluding hydrogens is 358 g/mol. The molecule has 132 valence electrons. The normalized spacial score (nSPS) is 16.4. The van der Waals surface area contributed by atoms with E-state index in [-0.39, 0.29) is 10.8 Å². The number of nitrogens with zero attached hydrogens (tertiary/aromatic N) is 1. The highest BCUT2D eigenvalue weighted by atomic mass is 32.2. The van der Waals surface area contributed by atoms with Crippen LogP contribution in [0.4, 0.5) is 0 Å². The molecule has 0 saturated heterocycles. The van der Waals surface area contributed by atoms with Crippen molar-refractivity contribution in [3.63, 3.8) is 0 Å². The van der Waals surface area contributed by atoms with Crippen LogP contribution >= 0.6 is 11.3 Å². The maximum absolute atomic E-state index is 12.4. The highest BCUT2D eigenvalue weighted by Crippen LogP contribution is 2.42. The number of aliphatic hydroxyl groups excluding tert-OH is 1. The number of thiophene rings is 1. The Morgan fingerprint density at radius 1 is 1.40 bits per heavy atom. The Labute approximate surface area is 150 Å². The Kier molecular flexibility index (Phi) is 4.15. The minimum atomic E-state index is -3.63. The average molecular weight is 377 g/mol. The number of aromatic amines is 1. The van der Waals surface area contributed by atoms with E-state index in [9.17, 15) is 8.42 Å². The van der Waals surface area contributed by atoms with Crippen molar-refractivity contribution in [1.82, 2.24) is 14.7 Å². The number of pyridine rings is 1. The molecule has 0 aromatic carbocycles. The van der Waals surface area contributed by atoms with Crippen molar-refractivity contribution in [2.24, 2.45) is 0 Å². The number of hydrogen-bond acceptors (Lipinski definition) is 5. The summed E-state index contributed by atoms with van der Waals surface area (Å²) in [5.41, 5.74) is 3.02. The van der Waals surface area contributed by atoms with Gasteiger partial charge in [0.2, 0.25) is 10.0 Å². The predicted octanol–water partition coefficient (Wildman–Crippen LogP) is 2.83. The van der Waals surface area contributed by atoms with Gasteiger partial charge in [0.05, 0.1) is 6.61 Å². The van der Waals surface area contributed by atoms with Gasteiger partial charge in [-0.15, -0.1) is 11.3 Å². The van der Waals surface area contributed by atoms with Crippen molar-refractivity contribution in [2.75, 3.05) is 6.61 Å². The van der Waals surface area contributed by atoms with Crippen LogP contribution in [0.5, 0.6) is 0 Å². The van der Waals surface area contributed by atoms with Crippen molar-refractivity contribution in [3.8, 4) is 10.4 Å². The third-order valence-electron chi connectivity index (χ3n) is 4.31. The molecule has 1 saturated carbocycles. The summed E-state index contributed by atoms with van der Waals surface area (Å²) in [6, 6.07) is 6.96. The van der Waals surface area contributed by atoms with Gasteiger partial charge in [-0.05, 0) is 49.9 Å². The highest BCUT2D eigenvalue weighted by Gasteiger charge is 2.26. The second-order valence-corrected chi connectivity index (χ2v) is 9.47. The molecule has 1 fully saturated rings. The fourth-order valence-corrected chi connectivity index (χ4v) is 5.44. The summed E-state index contributed by atoms with van der Waals surface area (Å²) in [5.74, 6) is 0.602. The zero-order valence-electron chi connectivity index (χ0n) is 13.7. The monoisotopic (exact) mass is 377 g/mol. The van der Waals surface area contributed by atoms with E-state index in [0.717, 1.165) is 21.5 Å². The quantitative estimate of drug-likeness (QED) is 0.615. The van der Waals surface area contributed by atoms with Crippen LogP contribution in [-0.2, 0) is 10.0 Å². The van der Waals surface area contributed by atoms with Gasteiger partial charge < -0.3 is 10.1 Å². The van der Waals surface area contributed by atoms with E-state index in [4.69, 9.17) is 5.11 Å². The van der Waals surface area contributed by atoms with E-state index in [1.165, 1.54) is 29.9 Å². The predicted molar refractivity (Wildman–Crippen MR) is 98.3 cm³/mol. The first-order chi connectivity index (χ1) is 12.0. The average Bonchev–Trinajstić information content (AvgIpc) is 3.14. The summed E-state index contributed by atoms with van der Waals surface area (Å²) in [4.78, 5) is 8.65. The van der Waals surface area contributed by atoms with E-state index in [0.29, 0.717) is 5.92 Å². The topological polar surface area (TPSA) is 95.1 Å². The zero-order valence-corrected chi connectivity index (χ0v) is 15.3. The lowest BCUT2D eigenvalue weighted by Crippen LogP contribution is -2.34. The summed E-state index contributed by atoms with van der Waals surface area (Å²) in [7, 11) is -3.63. The van der Waals surface area contributed by atoms with Gasteiger partial charge in [-0.1, -0.05) is 0 Å². The molecule has 3 aromatic heterocycles. The lowest BCUT2D eigenvalue weighted by Gasteiger charge is -2.09. The van der Waals surface area contributed by atoms with E-state index in [1.54, 1.807) is 19.2 Å². The Bertz CT molecular complexity index is 1020. The van der Waals surface area contributed by atoms with Gasteiger partial charge in [-0.25, -0.2) is 18.1 Å². The molecule has 1 aliphatic carbocycles. The van der Waals surface area contributed by atoms with E-state index < -0.39 is 16.1 Å². The summed E-state index contributed by atoms with van der Waals surface area (Å²) >= 11 is 1.22. The molecule has 0 aliphatic heterocycles. The molecule has 3 N–H and O–H groups in total. The molecule has 0 amide bonds. The van der Waals surface area contributed by atoms with Crippen LogP contribution in [0.25, 0.3) is 21.5 Å². The van der Waals surface area contributed by atoms with Crippen LogP contribution in [-0.4, -0.2) is 36.1 Å². The first kappa shape index (κ1) is 16.7. The SMILES string of the molecule is C[C@H](CO)NS(=O)(=O)c1ccc(-c2ccnc3[nH]c(C4CC4)cc23)s1. The number of nitrogens with one attached hydrogen (secondary N) is 2. The molecule has 6 nitrogen and oxygen atoms in total. The van der Waals surface area contributed by atoms with Gasteiger partial charge in [0, 0.05) is 33.8 Å². The molecule has 4 rings (SSSR count). The van der Waals surface area contributed by atoms with Crippen LogP contribution in [0.3, 0.4) is 0 Å². The summed E-state index contributed by atoms with van der Waals surface area (Å²) in [6.45, 7) is 1.38. The standard InChI is InChI=1S/C17H19N3O3S2/c1-10(9-21)20-25(22,23)16-5-4-15(24-16)12-6-7-18-17-13(12)8-14(19-17)11-2-3-11/h4-8,10-11,20-21H,2-3,9H2,1H3,(H,18,19)/t10-/m1/s1. The van der Waals surface area contributed by atoms with Crippen LogP contribution in [0.15, 0.2) is 34.7 Å². The second kappa shape index (κ2) is 6.21. The van der Waals surface area contributed by atoms with Crippen LogP contribution in [0.1, 0.15) is 31.4 Å². The maximum atomic E-state index is 12.4. The summed E-state index contributed by atoms with van der Waals surface area (Å²) in [5, 5.41) is 10.1. The van der Waals surface area contributed by atoms with E-state index in [1.807, 2.05) is 12.1 Å². The first-order valence-corrected chi connectivity index (χ1v) is 10.5. The third-order valence-corrected chi connectivity index (χ3v) is 7.51. The lowest BCUT2D eigenvalue weighted by molar-refractivity contribution is 0.265. The fraction of sp³-hybridized carbons (Fsp3) is 0.353. The minimum Gasteiger partial charge on any atom is -0.395 e. The Balaban J connectivity index is 1.71. The zero-order chi connectivity index (χ0) is 17.6. The van der Waals surface area contributed by atoms with Crippen molar-refractivity contribution in [2.45, 2.75) is 35.9 Å². The van der Waals surface area contributed by atoms with Gasteiger partial charge in [0.25, 0.3) is 0 Å². The van der Waals surface area contributed by atoms with Gasteiger partial charge in [0.15, 0.2) is 0 Å². The Hall–Kier alpha value is -1.74. The van der Waals surface area contributed by atoms with Crippen LogP contribution < -0.4 is 4.72 Å². The molecule has 1 atom stereocenters. The fourth-order valence-electron chi connectivity index (χ4n) is 2.85. The van der Waals surface area contributed by atoms with Crippen molar-refractivity contribution >= 4 is 32.4 Å². The molecule has 0 spiro atoms. The highest BCUT2D eigenvalue weighted by molar-refractivity contribution is 7.91. The number of rotatable bonds is 6. The van der Waals surface area contributed by atoms with E-state index in [2.05, 4.69) is 20.8 Å². The first-order valence-electron chi connectivity index (χ1n) is 8.19. The van der Waals surface area contributed by atoms with Gasteiger partial charge in [0.1, 0.15) is 9.86 Å². The summed E-state index contributed by atoms with van der Waals surface area (Å²) in [6.07, 6.45) is 4.15.